The summed E-state index contributed by atoms with van der Waals surface area (Å²) in [5.74, 6) is 1.90. The van der Waals surface area contributed by atoms with Gasteiger partial charge in [0.1, 0.15) is 5.75 Å². The van der Waals surface area contributed by atoms with E-state index in [9.17, 15) is 9.59 Å². The summed E-state index contributed by atoms with van der Waals surface area (Å²) in [6, 6.07) is 15.0. The Hall–Kier alpha value is -3.13. The molecule has 0 aliphatic carbocycles. The molecule has 0 saturated carbocycles. The Balaban J connectivity index is 1.47. The second-order valence-electron chi connectivity index (χ2n) is 7.19. The summed E-state index contributed by atoms with van der Waals surface area (Å²) in [5.41, 5.74) is 2.33. The number of benzene rings is 2. The van der Waals surface area contributed by atoms with Gasteiger partial charge in [-0.1, -0.05) is 23.9 Å². The minimum atomic E-state index is -0.00449. The summed E-state index contributed by atoms with van der Waals surface area (Å²) in [5, 5.41) is 9.34. The molecule has 1 saturated heterocycles. The first-order chi connectivity index (χ1) is 15.1. The van der Waals surface area contributed by atoms with E-state index in [1.165, 1.54) is 11.8 Å². The van der Waals surface area contributed by atoms with Crippen LogP contribution in [0.25, 0.3) is 11.4 Å². The van der Waals surface area contributed by atoms with Gasteiger partial charge in [-0.05, 0) is 49.7 Å². The van der Waals surface area contributed by atoms with E-state index >= 15 is 0 Å². The number of Topliss-reactive ketones (excluding diaryl/α,β-unsaturated/α-hetero) is 1. The Morgan fingerprint density at radius 1 is 1.16 bits per heavy atom. The van der Waals surface area contributed by atoms with Gasteiger partial charge >= 0.3 is 0 Å². The molecule has 1 aliphatic heterocycles. The van der Waals surface area contributed by atoms with E-state index in [-0.39, 0.29) is 17.4 Å². The molecular weight excluding hydrogens is 412 g/mol. The third-order valence-corrected chi connectivity index (χ3v) is 6.23. The number of aromatic nitrogens is 3. The molecule has 8 heteroatoms. The molecule has 1 aromatic heterocycles. The molecular formula is C23H24N4O3S. The van der Waals surface area contributed by atoms with Gasteiger partial charge in [-0.15, -0.1) is 10.2 Å². The molecule has 1 fully saturated rings. The minimum Gasteiger partial charge on any atom is -0.497 e. The molecule has 4 rings (SSSR count). The van der Waals surface area contributed by atoms with Crippen LogP contribution in [0, 0.1) is 0 Å². The molecule has 0 bridgehead atoms. The lowest BCUT2D eigenvalue weighted by Crippen LogP contribution is -2.23. The number of ketones is 1. The standard InChI is InChI=1S/C23H24N4O3S/c1-3-26-22(16-9-11-19(30-2)12-10-16)24-25-23(26)31-15-20(28)17-6-4-7-18(14-17)27-13-5-8-21(27)29/h4,6-7,9-12,14H,3,5,8,13,15H2,1-2H3. The van der Waals surface area contributed by atoms with E-state index in [0.29, 0.717) is 30.2 Å². The van der Waals surface area contributed by atoms with Crippen LogP contribution >= 0.6 is 11.8 Å². The number of thioether (sulfide) groups is 1. The fraction of sp³-hybridized carbons (Fsp3) is 0.304. The first-order valence-corrected chi connectivity index (χ1v) is 11.2. The number of ether oxygens (including phenoxy) is 1. The number of nitrogens with zero attached hydrogens (tertiary/aromatic N) is 4. The lowest BCUT2D eigenvalue weighted by molar-refractivity contribution is -0.117. The summed E-state index contributed by atoms with van der Waals surface area (Å²) < 4.78 is 7.21. The van der Waals surface area contributed by atoms with Gasteiger partial charge in [0.25, 0.3) is 0 Å². The van der Waals surface area contributed by atoms with Crippen molar-refractivity contribution < 1.29 is 14.3 Å². The van der Waals surface area contributed by atoms with E-state index in [1.54, 1.807) is 24.1 Å². The third kappa shape index (κ3) is 4.49. The summed E-state index contributed by atoms with van der Waals surface area (Å²) >= 11 is 1.37. The van der Waals surface area contributed by atoms with Crippen molar-refractivity contribution in [2.75, 3.05) is 24.3 Å². The number of carbonyl (C=O) groups is 2. The fourth-order valence-corrected chi connectivity index (χ4v) is 4.51. The van der Waals surface area contributed by atoms with Gasteiger partial charge in [-0.2, -0.15) is 0 Å². The zero-order valence-corrected chi connectivity index (χ0v) is 18.4. The van der Waals surface area contributed by atoms with Gasteiger partial charge in [-0.3, -0.25) is 9.59 Å². The van der Waals surface area contributed by atoms with Gasteiger partial charge in [-0.25, -0.2) is 0 Å². The third-order valence-electron chi connectivity index (χ3n) is 5.27. The molecule has 2 heterocycles. The second-order valence-corrected chi connectivity index (χ2v) is 8.13. The predicted octanol–water partition coefficient (Wildman–Crippen LogP) is 4.08. The normalized spacial score (nSPS) is 13.6. The first kappa shape index (κ1) is 21.1. The maximum Gasteiger partial charge on any atom is 0.227 e. The molecule has 1 aliphatic rings. The van der Waals surface area contributed by atoms with Gasteiger partial charge in [0.05, 0.1) is 12.9 Å². The molecule has 2 aromatic carbocycles. The van der Waals surface area contributed by atoms with E-state index in [2.05, 4.69) is 10.2 Å². The molecule has 31 heavy (non-hydrogen) atoms. The highest BCUT2D eigenvalue weighted by Crippen LogP contribution is 2.27. The quantitative estimate of drug-likeness (QED) is 0.391. The minimum absolute atomic E-state index is 0.00449. The molecule has 7 nitrogen and oxygen atoms in total. The van der Waals surface area contributed by atoms with E-state index in [1.807, 2.05) is 47.9 Å². The molecule has 0 unspecified atom stereocenters. The Bertz CT molecular complexity index is 1090. The van der Waals surface area contributed by atoms with Crippen LogP contribution in [0.1, 0.15) is 30.1 Å². The van der Waals surface area contributed by atoms with Crippen molar-refractivity contribution >= 4 is 29.1 Å². The molecule has 3 aromatic rings. The number of carbonyl (C=O) groups excluding carboxylic acids is 2. The molecule has 0 atom stereocenters. The topological polar surface area (TPSA) is 77.3 Å². The number of amides is 1. The number of anilines is 1. The van der Waals surface area contributed by atoms with Crippen molar-refractivity contribution in [3.05, 3.63) is 54.1 Å². The Labute approximate surface area is 185 Å². The van der Waals surface area contributed by atoms with E-state index in [0.717, 1.165) is 29.2 Å². The van der Waals surface area contributed by atoms with Crippen molar-refractivity contribution in [1.82, 2.24) is 14.8 Å². The van der Waals surface area contributed by atoms with Crippen LogP contribution in [0.2, 0.25) is 0 Å². The van der Waals surface area contributed by atoms with Crippen LogP contribution in [0.5, 0.6) is 5.75 Å². The summed E-state index contributed by atoms with van der Waals surface area (Å²) in [7, 11) is 1.63. The van der Waals surface area contributed by atoms with Crippen molar-refractivity contribution in [1.29, 1.82) is 0 Å². The monoisotopic (exact) mass is 436 g/mol. The maximum absolute atomic E-state index is 12.8. The molecule has 0 N–H and O–H groups in total. The zero-order valence-electron chi connectivity index (χ0n) is 17.6. The summed E-state index contributed by atoms with van der Waals surface area (Å²) in [4.78, 5) is 26.6. The first-order valence-electron chi connectivity index (χ1n) is 10.2. The Kier molecular flexibility index (Phi) is 6.36. The molecule has 160 valence electrons. The lowest BCUT2D eigenvalue weighted by Gasteiger charge is -2.16. The average molecular weight is 437 g/mol. The van der Waals surface area contributed by atoms with Gasteiger partial charge < -0.3 is 14.2 Å². The molecule has 1 amide bonds. The fourth-order valence-electron chi connectivity index (χ4n) is 3.62. The smallest absolute Gasteiger partial charge is 0.227 e. The van der Waals surface area contributed by atoms with E-state index in [4.69, 9.17) is 4.74 Å². The second kappa shape index (κ2) is 9.34. The highest BCUT2D eigenvalue weighted by Gasteiger charge is 2.22. The summed E-state index contributed by atoms with van der Waals surface area (Å²) in [6.45, 7) is 3.43. The van der Waals surface area contributed by atoms with Gasteiger partial charge in [0.15, 0.2) is 16.8 Å². The molecule has 0 radical (unpaired) electrons. The highest BCUT2D eigenvalue weighted by atomic mass is 32.2. The van der Waals surface area contributed by atoms with Crippen LogP contribution in [-0.4, -0.2) is 45.9 Å². The van der Waals surface area contributed by atoms with Crippen LogP contribution < -0.4 is 9.64 Å². The van der Waals surface area contributed by atoms with Crippen molar-refractivity contribution in [3.63, 3.8) is 0 Å². The van der Waals surface area contributed by atoms with Crippen LogP contribution in [0.3, 0.4) is 0 Å². The largest absolute Gasteiger partial charge is 0.497 e. The zero-order chi connectivity index (χ0) is 21.8. The van der Waals surface area contributed by atoms with E-state index < -0.39 is 0 Å². The van der Waals surface area contributed by atoms with Crippen molar-refractivity contribution in [2.24, 2.45) is 0 Å². The number of hydrogen-bond donors (Lipinski definition) is 0. The number of methoxy groups -OCH3 is 1. The predicted molar refractivity (Wildman–Crippen MR) is 121 cm³/mol. The Morgan fingerprint density at radius 3 is 2.65 bits per heavy atom. The Morgan fingerprint density at radius 2 is 1.97 bits per heavy atom. The van der Waals surface area contributed by atoms with Crippen LogP contribution in [0.15, 0.2) is 53.7 Å². The number of rotatable bonds is 8. The van der Waals surface area contributed by atoms with Gasteiger partial charge in [0, 0.05) is 36.3 Å². The maximum atomic E-state index is 12.8. The SMILES string of the molecule is CCn1c(SCC(=O)c2cccc(N3CCCC3=O)c2)nnc1-c1ccc(OC)cc1. The summed E-state index contributed by atoms with van der Waals surface area (Å²) in [6.07, 6.45) is 1.42. The number of hydrogen-bond acceptors (Lipinski definition) is 6. The lowest BCUT2D eigenvalue weighted by atomic mass is 10.1. The van der Waals surface area contributed by atoms with Crippen LogP contribution in [-0.2, 0) is 11.3 Å². The highest BCUT2D eigenvalue weighted by molar-refractivity contribution is 7.99. The average Bonchev–Trinajstić information content (AvgIpc) is 3.43. The van der Waals surface area contributed by atoms with Crippen LogP contribution in [0.4, 0.5) is 5.69 Å². The van der Waals surface area contributed by atoms with Crippen molar-refractivity contribution in [3.8, 4) is 17.1 Å². The molecule has 0 spiro atoms. The van der Waals surface area contributed by atoms with Gasteiger partial charge in [0.2, 0.25) is 5.91 Å². The van der Waals surface area contributed by atoms with Crippen molar-refractivity contribution in [2.45, 2.75) is 31.5 Å².